The summed E-state index contributed by atoms with van der Waals surface area (Å²) in [5.74, 6) is -1.05. The number of ether oxygens (including phenoxy) is 3. The van der Waals surface area contributed by atoms with Gasteiger partial charge in [-0.05, 0) is 29.8 Å². The Kier molecular flexibility index (Phi) is 6.13. The average molecular weight is 417 g/mol. The molecule has 0 saturated carbocycles. The van der Waals surface area contributed by atoms with Crippen LogP contribution in [0.5, 0.6) is 17.2 Å². The Hall–Kier alpha value is -3.40. The van der Waals surface area contributed by atoms with Crippen molar-refractivity contribution >= 4 is 34.6 Å². The van der Waals surface area contributed by atoms with E-state index in [1.165, 1.54) is 20.3 Å². The van der Waals surface area contributed by atoms with Gasteiger partial charge in [0.25, 0.3) is 5.91 Å². The van der Waals surface area contributed by atoms with Gasteiger partial charge >= 0.3 is 5.97 Å². The second-order valence-electron chi connectivity index (χ2n) is 6.13. The average Bonchev–Trinajstić information content (AvgIpc) is 3.19. The fraction of sp³-hybridized carbons (Fsp3) is 0.263. The number of nitrogens with two attached hydrogens (primary N) is 1. The van der Waals surface area contributed by atoms with E-state index in [1.807, 2.05) is 0 Å². The van der Waals surface area contributed by atoms with Crippen LogP contribution >= 0.6 is 11.7 Å². The summed E-state index contributed by atoms with van der Waals surface area (Å²) in [5.41, 5.74) is 7.35. The first-order valence-electron chi connectivity index (χ1n) is 8.54. The van der Waals surface area contributed by atoms with Gasteiger partial charge in [0.15, 0.2) is 18.1 Å². The van der Waals surface area contributed by atoms with Crippen LogP contribution in [0, 0.1) is 0 Å². The van der Waals surface area contributed by atoms with E-state index in [-0.39, 0.29) is 24.5 Å². The molecule has 1 atom stereocenters. The number of aromatic hydroxyl groups is 1. The van der Waals surface area contributed by atoms with E-state index in [1.54, 1.807) is 24.3 Å². The number of phenols is 1. The second kappa shape index (κ2) is 8.74. The smallest absolute Gasteiger partial charge is 0.306 e. The van der Waals surface area contributed by atoms with Gasteiger partial charge in [-0.3, -0.25) is 9.59 Å². The van der Waals surface area contributed by atoms with Gasteiger partial charge in [0.05, 0.1) is 32.4 Å². The number of methoxy groups -OCH3 is 2. The van der Waals surface area contributed by atoms with Crippen molar-refractivity contribution in [2.75, 3.05) is 20.8 Å². The van der Waals surface area contributed by atoms with Crippen molar-refractivity contribution < 1.29 is 28.9 Å². The van der Waals surface area contributed by atoms with Gasteiger partial charge in [0.2, 0.25) is 0 Å². The predicted octanol–water partition coefficient (Wildman–Crippen LogP) is 1.96. The van der Waals surface area contributed by atoms with Crippen molar-refractivity contribution in [1.29, 1.82) is 0 Å². The molecule has 1 unspecified atom stereocenters. The van der Waals surface area contributed by atoms with Gasteiger partial charge in [-0.1, -0.05) is 6.07 Å². The number of primary amides is 1. The number of aromatic nitrogens is 2. The highest BCUT2D eigenvalue weighted by molar-refractivity contribution is 7.00. The summed E-state index contributed by atoms with van der Waals surface area (Å²) in [6.07, 6.45) is -0.0533. The molecule has 10 heteroatoms. The summed E-state index contributed by atoms with van der Waals surface area (Å²) < 4.78 is 24.0. The van der Waals surface area contributed by atoms with E-state index >= 15 is 0 Å². The first kappa shape index (κ1) is 20.3. The van der Waals surface area contributed by atoms with Crippen molar-refractivity contribution in [3.8, 4) is 17.2 Å². The number of benzene rings is 2. The topological polar surface area (TPSA) is 134 Å². The molecule has 0 spiro atoms. The van der Waals surface area contributed by atoms with Crippen molar-refractivity contribution in [2.24, 2.45) is 5.73 Å². The maximum absolute atomic E-state index is 12.1. The summed E-state index contributed by atoms with van der Waals surface area (Å²) in [6, 6.07) is 8.18. The van der Waals surface area contributed by atoms with Crippen molar-refractivity contribution in [3.63, 3.8) is 0 Å². The van der Waals surface area contributed by atoms with Crippen molar-refractivity contribution in [3.05, 3.63) is 41.5 Å². The molecule has 0 aliphatic rings. The third kappa shape index (κ3) is 4.37. The molecule has 0 aliphatic heterocycles. The fourth-order valence-electron chi connectivity index (χ4n) is 3.01. The molecule has 0 bridgehead atoms. The molecule has 0 radical (unpaired) electrons. The molecule has 3 rings (SSSR count). The Morgan fingerprint density at radius 1 is 1.17 bits per heavy atom. The Labute approximate surface area is 170 Å². The number of carbonyl (C=O) groups is 2. The minimum atomic E-state index is -0.639. The van der Waals surface area contributed by atoms with E-state index in [0.29, 0.717) is 27.9 Å². The zero-order valence-electron chi connectivity index (χ0n) is 15.7. The lowest BCUT2D eigenvalue weighted by Crippen LogP contribution is -2.20. The molecule has 0 aliphatic carbocycles. The maximum atomic E-state index is 12.1. The molecule has 0 fully saturated rings. The zero-order valence-corrected chi connectivity index (χ0v) is 16.6. The van der Waals surface area contributed by atoms with Crippen LogP contribution in [-0.2, 0) is 14.3 Å². The third-order valence-corrected chi connectivity index (χ3v) is 4.89. The first-order valence-corrected chi connectivity index (χ1v) is 9.27. The standard InChI is InChI=1S/C19H19N3O6S/c1-26-14-6-3-10(7-15(14)28-9-16(20)24)11(8-17(25)27-2)18-13(23)5-4-12-19(18)22-29-21-12/h3-7,11,23H,8-9H2,1-2H3,(H2,20,24). The summed E-state index contributed by atoms with van der Waals surface area (Å²) in [6.45, 7) is -0.335. The number of carbonyl (C=O) groups excluding carboxylic acids is 2. The highest BCUT2D eigenvalue weighted by atomic mass is 32.1. The number of fused-ring (bicyclic) bond motifs is 1. The lowest BCUT2D eigenvalue weighted by Gasteiger charge is -2.20. The largest absolute Gasteiger partial charge is 0.508 e. The van der Waals surface area contributed by atoms with E-state index in [4.69, 9.17) is 19.9 Å². The number of nitrogens with zero attached hydrogens (tertiary/aromatic N) is 2. The van der Waals surface area contributed by atoms with Crippen LogP contribution in [0.1, 0.15) is 23.5 Å². The molecule has 1 aromatic heterocycles. The minimum Gasteiger partial charge on any atom is -0.508 e. The van der Waals surface area contributed by atoms with Crippen LogP contribution in [0.3, 0.4) is 0 Å². The molecule has 2 aromatic carbocycles. The molecule has 152 valence electrons. The van der Waals surface area contributed by atoms with E-state index in [9.17, 15) is 14.7 Å². The molecule has 9 nitrogen and oxygen atoms in total. The van der Waals surface area contributed by atoms with Crippen LogP contribution in [0.25, 0.3) is 11.0 Å². The number of amides is 1. The van der Waals surface area contributed by atoms with E-state index < -0.39 is 17.8 Å². The Morgan fingerprint density at radius 2 is 1.97 bits per heavy atom. The Morgan fingerprint density at radius 3 is 2.66 bits per heavy atom. The SMILES string of the molecule is COC(=O)CC(c1ccc(OC)c(OCC(N)=O)c1)c1c(O)ccc2nsnc12. The van der Waals surface area contributed by atoms with Crippen LogP contribution in [-0.4, -0.2) is 46.6 Å². The monoisotopic (exact) mass is 417 g/mol. The zero-order chi connectivity index (χ0) is 21.0. The molecule has 0 saturated heterocycles. The molecular weight excluding hydrogens is 398 g/mol. The van der Waals surface area contributed by atoms with Crippen molar-refractivity contribution in [1.82, 2.24) is 8.75 Å². The molecule has 3 aromatic rings. The highest BCUT2D eigenvalue weighted by Gasteiger charge is 2.26. The molecular formula is C19H19N3O6S. The van der Waals surface area contributed by atoms with E-state index in [2.05, 4.69) is 8.75 Å². The van der Waals surface area contributed by atoms with Crippen LogP contribution in [0.4, 0.5) is 0 Å². The third-order valence-electron chi connectivity index (χ3n) is 4.35. The predicted molar refractivity (Wildman–Crippen MR) is 105 cm³/mol. The quantitative estimate of drug-likeness (QED) is 0.531. The van der Waals surface area contributed by atoms with Crippen LogP contribution in [0.2, 0.25) is 0 Å². The molecule has 29 heavy (non-hydrogen) atoms. The van der Waals surface area contributed by atoms with Gasteiger partial charge in [-0.15, -0.1) is 0 Å². The Bertz CT molecular complexity index is 1050. The van der Waals surface area contributed by atoms with Gasteiger partial charge in [0, 0.05) is 11.5 Å². The lowest BCUT2D eigenvalue weighted by molar-refractivity contribution is -0.140. The number of phenolic OH excluding ortho intramolecular Hbond substituents is 1. The summed E-state index contributed by atoms with van der Waals surface area (Å²) in [7, 11) is 2.76. The number of esters is 1. The normalized spacial score (nSPS) is 11.8. The van der Waals surface area contributed by atoms with E-state index in [0.717, 1.165) is 11.7 Å². The summed E-state index contributed by atoms with van der Waals surface area (Å²) in [4.78, 5) is 23.2. The molecule has 1 heterocycles. The van der Waals surface area contributed by atoms with Gasteiger partial charge in [0.1, 0.15) is 16.8 Å². The second-order valence-corrected chi connectivity index (χ2v) is 6.66. The first-order chi connectivity index (χ1) is 13.9. The summed E-state index contributed by atoms with van der Waals surface area (Å²) >= 11 is 1.01. The van der Waals surface area contributed by atoms with Gasteiger partial charge < -0.3 is 25.1 Å². The number of rotatable bonds is 8. The highest BCUT2D eigenvalue weighted by Crippen LogP contribution is 2.41. The number of hydrogen-bond acceptors (Lipinski definition) is 9. The Balaban J connectivity index is 2.13. The molecule has 3 N–H and O–H groups in total. The lowest BCUT2D eigenvalue weighted by atomic mass is 9.86. The van der Waals surface area contributed by atoms with Crippen LogP contribution in [0.15, 0.2) is 30.3 Å². The van der Waals surface area contributed by atoms with Crippen molar-refractivity contribution in [2.45, 2.75) is 12.3 Å². The van der Waals surface area contributed by atoms with Gasteiger partial charge in [-0.2, -0.15) is 8.75 Å². The maximum Gasteiger partial charge on any atom is 0.306 e. The number of hydrogen-bond donors (Lipinski definition) is 2. The van der Waals surface area contributed by atoms with Gasteiger partial charge in [-0.25, -0.2) is 0 Å². The summed E-state index contributed by atoms with van der Waals surface area (Å²) in [5, 5.41) is 10.6. The fourth-order valence-corrected chi connectivity index (χ4v) is 3.56. The van der Waals surface area contributed by atoms with Crippen LogP contribution < -0.4 is 15.2 Å². The minimum absolute atomic E-state index is 0.0190. The molecule has 1 amide bonds.